The highest BCUT2D eigenvalue weighted by Crippen LogP contribution is 2.28. The third-order valence-electron chi connectivity index (χ3n) is 3.86. The highest BCUT2D eigenvalue weighted by molar-refractivity contribution is 7.15. The van der Waals surface area contributed by atoms with Gasteiger partial charge in [-0.05, 0) is 32.6 Å². The van der Waals surface area contributed by atoms with Crippen molar-refractivity contribution >= 4 is 22.5 Å². The van der Waals surface area contributed by atoms with Gasteiger partial charge in [-0.2, -0.15) is 0 Å². The quantitative estimate of drug-likeness (QED) is 0.688. The number of rotatable bonds is 8. The molecule has 1 atom stereocenters. The topological polar surface area (TPSA) is 87.1 Å². The maximum absolute atomic E-state index is 12.0. The minimum atomic E-state index is -0.415. The number of aliphatic hydroxyl groups is 1. The number of carbonyl (C=O) groups is 1. The molecule has 0 radical (unpaired) electrons. The van der Waals surface area contributed by atoms with Crippen molar-refractivity contribution in [2.45, 2.75) is 64.8 Å². The van der Waals surface area contributed by atoms with Crippen LogP contribution < -0.4 is 10.6 Å². The molecule has 0 aromatic carbocycles. The molecule has 120 valence electrons. The Bertz CT molecular complexity index is 448. The van der Waals surface area contributed by atoms with E-state index < -0.39 is 5.54 Å². The first-order valence-corrected chi connectivity index (χ1v) is 8.33. The first kappa shape index (κ1) is 17.8. The summed E-state index contributed by atoms with van der Waals surface area (Å²) in [5.74, 6) is 0.399. The molecule has 21 heavy (non-hydrogen) atoms. The van der Waals surface area contributed by atoms with Crippen LogP contribution >= 0.6 is 11.3 Å². The Balaban J connectivity index is 2.63. The van der Waals surface area contributed by atoms with Gasteiger partial charge >= 0.3 is 6.03 Å². The fraction of sp³-hybridized carbons (Fsp3) is 0.786. The van der Waals surface area contributed by atoms with E-state index in [1.807, 2.05) is 13.8 Å². The number of urea groups is 1. The number of hydrogen-bond donors (Lipinski definition) is 3. The average Bonchev–Trinajstić information content (AvgIpc) is 2.88. The number of nitrogens with zero attached hydrogens (tertiary/aromatic N) is 2. The summed E-state index contributed by atoms with van der Waals surface area (Å²) >= 11 is 1.42. The Labute approximate surface area is 130 Å². The highest BCUT2D eigenvalue weighted by Gasteiger charge is 2.24. The summed E-state index contributed by atoms with van der Waals surface area (Å²) in [6, 6.07) is -0.306. The molecule has 1 aromatic rings. The van der Waals surface area contributed by atoms with Gasteiger partial charge in [-0.25, -0.2) is 4.79 Å². The van der Waals surface area contributed by atoms with Crippen molar-refractivity contribution in [3.63, 3.8) is 0 Å². The van der Waals surface area contributed by atoms with Crippen LogP contribution in [0.15, 0.2) is 0 Å². The van der Waals surface area contributed by atoms with Gasteiger partial charge in [0.1, 0.15) is 5.01 Å². The fourth-order valence-electron chi connectivity index (χ4n) is 2.06. The van der Waals surface area contributed by atoms with Crippen molar-refractivity contribution in [1.82, 2.24) is 15.5 Å². The first-order chi connectivity index (χ1) is 9.97. The van der Waals surface area contributed by atoms with Crippen molar-refractivity contribution in [3.05, 3.63) is 5.01 Å². The number of anilines is 1. The molecule has 0 aliphatic heterocycles. The Hall–Kier alpha value is -1.21. The van der Waals surface area contributed by atoms with Crippen LogP contribution in [-0.4, -0.2) is 33.5 Å². The van der Waals surface area contributed by atoms with Gasteiger partial charge in [-0.3, -0.25) is 5.32 Å². The Morgan fingerprint density at radius 1 is 1.33 bits per heavy atom. The molecule has 0 aliphatic carbocycles. The molecule has 0 fully saturated rings. The van der Waals surface area contributed by atoms with E-state index in [9.17, 15) is 4.79 Å². The van der Waals surface area contributed by atoms with E-state index in [1.165, 1.54) is 11.3 Å². The number of aromatic nitrogens is 2. The summed E-state index contributed by atoms with van der Waals surface area (Å²) in [7, 11) is 0. The smallest absolute Gasteiger partial charge is 0.321 e. The van der Waals surface area contributed by atoms with Crippen LogP contribution in [-0.2, 0) is 0 Å². The van der Waals surface area contributed by atoms with Crippen molar-refractivity contribution in [2.75, 3.05) is 11.9 Å². The van der Waals surface area contributed by atoms with Crippen LogP contribution in [0.25, 0.3) is 0 Å². The highest BCUT2D eigenvalue weighted by atomic mass is 32.1. The molecule has 0 bridgehead atoms. The summed E-state index contributed by atoms with van der Waals surface area (Å²) < 4.78 is 0. The zero-order valence-corrected chi connectivity index (χ0v) is 14.1. The van der Waals surface area contributed by atoms with E-state index in [0.29, 0.717) is 17.5 Å². The van der Waals surface area contributed by atoms with Gasteiger partial charge in [0, 0.05) is 18.1 Å². The molecule has 3 N–H and O–H groups in total. The molecule has 0 saturated carbocycles. The van der Waals surface area contributed by atoms with E-state index in [1.54, 1.807) is 0 Å². The van der Waals surface area contributed by atoms with Crippen LogP contribution in [0.1, 0.15) is 64.3 Å². The lowest BCUT2D eigenvalue weighted by Gasteiger charge is -2.28. The van der Waals surface area contributed by atoms with Crippen LogP contribution in [0.3, 0.4) is 0 Å². The summed E-state index contributed by atoms with van der Waals surface area (Å²) in [5, 5.41) is 24.3. The SMILES string of the molecule is CCC(CC)c1nnc(NC(=O)NC(C)(CC)CCO)s1. The second-order valence-corrected chi connectivity index (χ2v) is 6.43. The second-order valence-electron chi connectivity index (χ2n) is 5.43. The zero-order chi connectivity index (χ0) is 15.9. The van der Waals surface area contributed by atoms with E-state index in [0.717, 1.165) is 24.3 Å². The number of hydrogen-bond acceptors (Lipinski definition) is 5. The van der Waals surface area contributed by atoms with Crippen molar-refractivity contribution in [2.24, 2.45) is 0 Å². The molecule has 2 amide bonds. The van der Waals surface area contributed by atoms with E-state index in [2.05, 4.69) is 34.7 Å². The van der Waals surface area contributed by atoms with E-state index in [-0.39, 0.29) is 12.6 Å². The normalized spacial score (nSPS) is 14.0. The molecule has 6 nitrogen and oxygen atoms in total. The molecule has 1 aromatic heterocycles. The standard InChI is InChI=1S/C14H26N4O2S/c1-5-10(6-2)11-17-18-13(21-11)15-12(20)16-14(4,7-3)8-9-19/h10,19H,5-9H2,1-4H3,(H2,15,16,18,20). The minimum Gasteiger partial charge on any atom is -0.396 e. The summed E-state index contributed by atoms with van der Waals surface area (Å²) in [6.45, 7) is 8.18. The fourth-order valence-corrected chi connectivity index (χ4v) is 3.07. The zero-order valence-electron chi connectivity index (χ0n) is 13.3. The van der Waals surface area contributed by atoms with Crippen LogP contribution in [0.4, 0.5) is 9.93 Å². The van der Waals surface area contributed by atoms with Gasteiger partial charge in [0.25, 0.3) is 0 Å². The van der Waals surface area contributed by atoms with Gasteiger partial charge in [-0.15, -0.1) is 10.2 Å². The minimum absolute atomic E-state index is 0.0439. The van der Waals surface area contributed by atoms with Crippen molar-refractivity contribution < 1.29 is 9.90 Å². The third kappa shape index (κ3) is 5.24. The van der Waals surface area contributed by atoms with Crippen molar-refractivity contribution in [1.29, 1.82) is 0 Å². The lowest BCUT2D eigenvalue weighted by Crippen LogP contribution is -2.48. The van der Waals surface area contributed by atoms with Gasteiger partial charge < -0.3 is 10.4 Å². The second kappa shape index (κ2) is 8.29. The van der Waals surface area contributed by atoms with Gasteiger partial charge in [0.2, 0.25) is 5.13 Å². The van der Waals surface area contributed by atoms with Crippen LogP contribution in [0, 0.1) is 0 Å². The van der Waals surface area contributed by atoms with Crippen LogP contribution in [0.2, 0.25) is 0 Å². The summed E-state index contributed by atoms with van der Waals surface area (Å²) in [6.07, 6.45) is 3.30. The van der Waals surface area contributed by atoms with Gasteiger partial charge in [0.05, 0.1) is 0 Å². The maximum Gasteiger partial charge on any atom is 0.321 e. The van der Waals surface area contributed by atoms with Crippen LogP contribution in [0.5, 0.6) is 0 Å². The summed E-state index contributed by atoms with van der Waals surface area (Å²) in [5.41, 5.74) is -0.415. The van der Waals surface area contributed by atoms with Gasteiger partial charge in [-0.1, -0.05) is 32.1 Å². The van der Waals surface area contributed by atoms with E-state index in [4.69, 9.17) is 5.11 Å². The Morgan fingerprint density at radius 2 is 2.00 bits per heavy atom. The summed E-state index contributed by atoms with van der Waals surface area (Å²) in [4.78, 5) is 12.0. The average molecular weight is 314 g/mol. The number of nitrogens with one attached hydrogen (secondary N) is 2. The predicted molar refractivity (Wildman–Crippen MR) is 85.8 cm³/mol. The Morgan fingerprint density at radius 3 is 2.52 bits per heavy atom. The largest absolute Gasteiger partial charge is 0.396 e. The molecule has 7 heteroatoms. The molecular formula is C14H26N4O2S. The number of carbonyl (C=O) groups excluding carboxylic acids is 1. The number of amides is 2. The molecule has 0 aliphatic rings. The maximum atomic E-state index is 12.0. The monoisotopic (exact) mass is 314 g/mol. The first-order valence-electron chi connectivity index (χ1n) is 7.51. The lowest BCUT2D eigenvalue weighted by atomic mass is 9.95. The lowest BCUT2D eigenvalue weighted by molar-refractivity contribution is 0.208. The molecule has 1 rings (SSSR count). The van der Waals surface area contributed by atoms with E-state index >= 15 is 0 Å². The molecule has 1 unspecified atom stereocenters. The molecule has 0 saturated heterocycles. The Kier molecular flexibility index (Phi) is 7.04. The molecular weight excluding hydrogens is 288 g/mol. The molecule has 0 spiro atoms. The van der Waals surface area contributed by atoms with Crippen molar-refractivity contribution in [3.8, 4) is 0 Å². The third-order valence-corrected chi connectivity index (χ3v) is 4.86. The van der Waals surface area contributed by atoms with Gasteiger partial charge in [0.15, 0.2) is 0 Å². The predicted octanol–water partition coefficient (Wildman–Crippen LogP) is 3.11. The number of aliphatic hydroxyl groups excluding tert-OH is 1. The molecule has 1 heterocycles.